The van der Waals surface area contributed by atoms with Gasteiger partial charge in [0.05, 0.1) is 0 Å². The standard InChI is InChI=1S/C15H32N2S/c1-12(2)9-14-10-16-15(13(3)4)11-17(14)7-6-8-18-5/h12-16H,6-11H2,1-5H3. The highest BCUT2D eigenvalue weighted by molar-refractivity contribution is 7.98. The van der Waals surface area contributed by atoms with Crippen LogP contribution in [0, 0.1) is 11.8 Å². The molecule has 0 aromatic heterocycles. The Labute approximate surface area is 118 Å². The summed E-state index contributed by atoms with van der Waals surface area (Å²) in [6.45, 7) is 13.1. The summed E-state index contributed by atoms with van der Waals surface area (Å²) in [6.07, 6.45) is 4.87. The Morgan fingerprint density at radius 1 is 1.28 bits per heavy atom. The zero-order chi connectivity index (χ0) is 13.5. The molecule has 1 saturated heterocycles. The lowest BCUT2D eigenvalue weighted by Gasteiger charge is -2.42. The summed E-state index contributed by atoms with van der Waals surface area (Å²) in [5, 5.41) is 3.75. The van der Waals surface area contributed by atoms with E-state index in [-0.39, 0.29) is 0 Å². The fourth-order valence-electron chi connectivity index (χ4n) is 2.79. The van der Waals surface area contributed by atoms with Gasteiger partial charge in [0.2, 0.25) is 0 Å². The first-order valence-electron chi connectivity index (χ1n) is 7.51. The van der Waals surface area contributed by atoms with Crippen molar-refractivity contribution in [2.24, 2.45) is 11.8 Å². The van der Waals surface area contributed by atoms with Crippen LogP contribution in [-0.4, -0.2) is 48.6 Å². The Morgan fingerprint density at radius 2 is 2.00 bits per heavy atom. The predicted molar refractivity (Wildman–Crippen MR) is 84.4 cm³/mol. The quantitative estimate of drug-likeness (QED) is 0.717. The fourth-order valence-corrected chi connectivity index (χ4v) is 3.21. The van der Waals surface area contributed by atoms with Crippen LogP contribution >= 0.6 is 11.8 Å². The first-order chi connectivity index (χ1) is 8.54. The molecular formula is C15H32N2S. The molecule has 1 N–H and O–H groups in total. The minimum atomic E-state index is 0.683. The number of thioether (sulfide) groups is 1. The van der Waals surface area contributed by atoms with Crippen LogP contribution < -0.4 is 5.32 Å². The molecular weight excluding hydrogens is 240 g/mol. The first-order valence-corrected chi connectivity index (χ1v) is 8.90. The highest BCUT2D eigenvalue weighted by Gasteiger charge is 2.29. The number of hydrogen-bond acceptors (Lipinski definition) is 3. The van der Waals surface area contributed by atoms with Gasteiger partial charge >= 0.3 is 0 Å². The third-order valence-corrected chi connectivity index (χ3v) is 4.60. The third kappa shape index (κ3) is 5.50. The van der Waals surface area contributed by atoms with Crippen molar-refractivity contribution in [2.45, 2.75) is 52.6 Å². The number of nitrogens with one attached hydrogen (secondary N) is 1. The monoisotopic (exact) mass is 272 g/mol. The molecule has 0 bridgehead atoms. The van der Waals surface area contributed by atoms with E-state index in [2.05, 4.69) is 44.2 Å². The molecule has 1 aliphatic heterocycles. The summed E-state index contributed by atoms with van der Waals surface area (Å²) in [5.74, 6) is 2.84. The van der Waals surface area contributed by atoms with Crippen molar-refractivity contribution in [1.82, 2.24) is 10.2 Å². The van der Waals surface area contributed by atoms with Gasteiger partial charge in [-0.1, -0.05) is 27.7 Å². The fraction of sp³-hybridized carbons (Fsp3) is 1.00. The molecule has 0 saturated carbocycles. The van der Waals surface area contributed by atoms with Crippen LogP contribution in [0.1, 0.15) is 40.5 Å². The molecule has 108 valence electrons. The maximum absolute atomic E-state index is 3.75. The second kappa shape index (κ2) is 8.44. The summed E-state index contributed by atoms with van der Waals surface area (Å²) in [4.78, 5) is 2.75. The zero-order valence-electron chi connectivity index (χ0n) is 12.9. The van der Waals surface area contributed by atoms with Crippen molar-refractivity contribution in [3.05, 3.63) is 0 Å². The van der Waals surface area contributed by atoms with Gasteiger partial charge in [0.1, 0.15) is 0 Å². The van der Waals surface area contributed by atoms with Crippen LogP contribution in [-0.2, 0) is 0 Å². The van der Waals surface area contributed by atoms with Gasteiger partial charge in [-0.2, -0.15) is 11.8 Å². The number of nitrogens with zero attached hydrogens (tertiary/aromatic N) is 1. The van der Waals surface area contributed by atoms with E-state index >= 15 is 0 Å². The Kier molecular flexibility index (Phi) is 7.66. The number of piperazine rings is 1. The summed E-state index contributed by atoms with van der Waals surface area (Å²) in [6, 6.07) is 1.43. The minimum absolute atomic E-state index is 0.683. The van der Waals surface area contributed by atoms with Gasteiger partial charge < -0.3 is 5.32 Å². The molecule has 18 heavy (non-hydrogen) atoms. The molecule has 2 nitrogen and oxygen atoms in total. The molecule has 0 radical (unpaired) electrons. The molecule has 1 fully saturated rings. The highest BCUT2D eigenvalue weighted by Crippen LogP contribution is 2.18. The largest absolute Gasteiger partial charge is 0.311 e. The lowest BCUT2D eigenvalue weighted by Crippen LogP contribution is -2.58. The summed E-state index contributed by atoms with van der Waals surface area (Å²) >= 11 is 1.97. The van der Waals surface area contributed by atoms with E-state index in [1.54, 1.807) is 0 Å². The maximum Gasteiger partial charge on any atom is 0.0223 e. The van der Waals surface area contributed by atoms with Crippen LogP contribution in [0.4, 0.5) is 0 Å². The predicted octanol–water partition coefficient (Wildman–Crippen LogP) is 3.08. The summed E-state index contributed by atoms with van der Waals surface area (Å²) < 4.78 is 0. The maximum atomic E-state index is 3.75. The van der Waals surface area contributed by atoms with Gasteiger partial charge in [-0.25, -0.2) is 0 Å². The van der Waals surface area contributed by atoms with Gasteiger partial charge in [-0.05, 0) is 43.2 Å². The van der Waals surface area contributed by atoms with E-state index in [1.807, 2.05) is 11.8 Å². The van der Waals surface area contributed by atoms with Crippen molar-refractivity contribution in [3.63, 3.8) is 0 Å². The first kappa shape index (κ1) is 16.3. The zero-order valence-corrected chi connectivity index (χ0v) is 13.7. The van der Waals surface area contributed by atoms with E-state index in [4.69, 9.17) is 0 Å². The van der Waals surface area contributed by atoms with Gasteiger partial charge in [-0.15, -0.1) is 0 Å². The van der Waals surface area contributed by atoms with E-state index < -0.39 is 0 Å². The number of hydrogen-bond donors (Lipinski definition) is 1. The van der Waals surface area contributed by atoms with Gasteiger partial charge in [0.15, 0.2) is 0 Å². The van der Waals surface area contributed by atoms with Crippen molar-refractivity contribution in [1.29, 1.82) is 0 Å². The normalized spacial score (nSPS) is 26.2. The van der Waals surface area contributed by atoms with Crippen LogP contribution in [0.2, 0.25) is 0 Å². The Hall–Kier alpha value is 0.270. The molecule has 2 atom stereocenters. The molecule has 1 rings (SSSR count). The lowest BCUT2D eigenvalue weighted by atomic mass is 9.95. The van der Waals surface area contributed by atoms with Crippen molar-refractivity contribution in [3.8, 4) is 0 Å². The average molecular weight is 273 g/mol. The molecule has 1 aliphatic rings. The SMILES string of the molecule is CSCCCN1CC(C(C)C)NCC1CC(C)C. The molecule has 0 amide bonds. The smallest absolute Gasteiger partial charge is 0.0223 e. The van der Waals surface area contributed by atoms with Gasteiger partial charge in [0, 0.05) is 25.2 Å². The molecule has 0 aromatic carbocycles. The van der Waals surface area contributed by atoms with Gasteiger partial charge in [0.25, 0.3) is 0 Å². The van der Waals surface area contributed by atoms with Crippen molar-refractivity contribution >= 4 is 11.8 Å². The van der Waals surface area contributed by atoms with E-state index in [1.165, 1.54) is 38.2 Å². The van der Waals surface area contributed by atoms with Crippen LogP contribution in [0.25, 0.3) is 0 Å². The van der Waals surface area contributed by atoms with E-state index in [9.17, 15) is 0 Å². The minimum Gasteiger partial charge on any atom is -0.311 e. The summed E-state index contributed by atoms with van der Waals surface area (Å²) in [5.41, 5.74) is 0. The third-order valence-electron chi connectivity index (χ3n) is 3.91. The van der Waals surface area contributed by atoms with Crippen molar-refractivity contribution < 1.29 is 0 Å². The average Bonchev–Trinajstić information content (AvgIpc) is 2.30. The Morgan fingerprint density at radius 3 is 2.56 bits per heavy atom. The van der Waals surface area contributed by atoms with E-state index in [0.29, 0.717) is 6.04 Å². The Balaban J connectivity index is 2.49. The molecule has 0 aliphatic carbocycles. The number of rotatable bonds is 7. The molecule has 2 unspecified atom stereocenters. The lowest BCUT2D eigenvalue weighted by molar-refractivity contribution is 0.0998. The van der Waals surface area contributed by atoms with Gasteiger partial charge in [-0.3, -0.25) is 4.90 Å². The van der Waals surface area contributed by atoms with Crippen LogP contribution in [0.15, 0.2) is 0 Å². The Bertz CT molecular complexity index is 219. The van der Waals surface area contributed by atoms with Crippen LogP contribution in [0.3, 0.4) is 0 Å². The molecule has 0 spiro atoms. The summed E-state index contributed by atoms with van der Waals surface area (Å²) in [7, 11) is 0. The molecule has 1 heterocycles. The highest BCUT2D eigenvalue weighted by atomic mass is 32.2. The second-order valence-corrected chi connectivity index (χ2v) is 7.37. The second-order valence-electron chi connectivity index (χ2n) is 6.38. The van der Waals surface area contributed by atoms with Crippen LogP contribution in [0.5, 0.6) is 0 Å². The van der Waals surface area contributed by atoms with Crippen molar-refractivity contribution in [2.75, 3.05) is 31.6 Å². The van der Waals surface area contributed by atoms with E-state index in [0.717, 1.165) is 17.9 Å². The molecule has 3 heteroatoms. The molecule has 0 aromatic rings. The topological polar surface area (TPSA) is 15.3 Å².